The SMILES string of the molecule is CCOC(=O)c1c(C)nc(Nc2nc(C)c3cc(OC)ccc3n2)nc1C. The highest BCUT2D eigenvalue weighted by molar-refractivity contribution is 5.91. The van der Waals surface area contributed by atoms with E-state index >= 15 is 0 Å². The minimum absolute atomic E-state index is 0.298. The van der Waals surface area contributed by atoms with Crippen LogP contribution in [0.15, 0.2) is 18.2 Å². The number of rotatable bonds is 5. The lowest BCUT2D eigenvalue weighted by atomic mass is 10.2. The van der Waals surface area contributed by atoms with Crippen molar-refractivity contribution in [3.63, 3.8) is 0 Å². The Hall–Kier alpha value is -3.29. The molecule has 140 valence electrons. The van der Waals surface area contributed by atoms with Gasteiger partial charge in [-0.2, -0.15) is 0 Å². The Morgan fingerprint density at radius 3 is 2.26 bits per heavy atom. The van der Waals surface area contributed by atoms with E-state index in [9.17, 15) is 4.79 Å². The number of aryl methyl sites for hydroxylation is 3. The lowest BCUT2D eigenvalue weighted by molar-refractivity contribution is 0.0523. The average molecular weight is 367 g/mol. The van der Waals surface area contributed by atoms with Gasteiger partial charge in [0.15, 0.2) is 0 Å². The number of nitrogens with zero attached hydrogens (tertiary/aromatic N) is 4. The monoisotopic (exact) mass is 367 g/mol. The lowest BCUT2D eigenvalue weighted by Gasteiger charge is -2.11. The predicted octanol–water partition coefficient (Wildman–Crippen LogP) is 3.27. The van der Waals surface area contributed by atoms with Crippen LogP contribution in [0.5, 0.6) is 5.75 Å². The molecule has 0 radical (unpaired) electrons. The third-order valence-electron chi connectivity index (χ3n) is 4.07. The highest BCUT2D eigenvalue weighted by atomic mass is 16.5. The van der Waals surface area contributed by atoms with Crippen LogP contribution in [0, 0.1) is 20.8 Å². The molecule has 0 unspecified atom stereocenters. The van der Waals surface area contributed by atoms with Crippen molar-refractivity contribution in [1.29, 1.82) is 0 Å². The van der Waals surface area contributed by atoms with Crippen LogP contribution in [0.2, 0.25) is 0 Å². The van der Waals surface area contributed by atoms with Gasteiger partial charge in [-0.1, -0.05) is 0 Å². The molecule has 2 aromatic heterocycles. The number of ether oxygens (including phenoxy) is 2. The highest BCUT2D eigenvalue weighted by Crippen LogP contribution is 2.23. The van der Waals surface area contributed by atoms with Gasteiger partial charge in [0, 0.05) is 5.39 Å². The number of benzene rings is 1. The third-order valence-corrected chi connectivity index (χ3v) is 4.07. The van der Waals surface area contributed by atoms with E-state index in [1.807, 2.05) is 25.1 Å². The number of fused-ring (bicyclic) bond motifs is 1. The van der Waals surface area contributed by atoms with E-state index in [0.717, 1.165) is 22.3 Å². The lowest BCUT2D eigenvalue weighted by Crippen LogP contribution is -2.13. The summed E-state index contributed by atoms with van der Waals surface area (Å²) >= 11 is 0. The first-order chi connectivity index (χ1) is 12.9. The molecule has 0 amide bonds. The summed E-state index contributed by atoms with van der Waals surface area (Å²) in [6, 6.07) is 5.61. The molecular formula is C19H21N5O3. The van der Waals surface area contributed by atoms with Gasteiger partial charge in [0.2, 0.25) is 11.9 Å². The summed E-state index contributed by atoms with van der Waals surface area (Å²) in [6.07, 6.45) is 0. The van der Waals surface area contributed by atoms with E-state index in [2.05, 4.69) is 25.3 Å². The van der Waals surface area contributed by atoms with E-state index in [1.54, 1.807) is 27.9 Å². The van der Waals surface area contributed by atoms with Crippen molar-refractivity contribution in [2.24, 2.45) is 0 Å². The molecule has 8 heteroatoms. The highest BCUT2D eigenvalue weighted by Gasteiger charge is 2.17. The van der Waals surface area contributed by atoms with E-state index in [1.165, 1.54) is 0 Å². The van der Waals surface area contributed by atoms with Crippen molar-refractivity contribution in [2.45, 2.75) is 27.7 Å². The third kappa shape index (κ3) is 3.79. The molecule has 3 rings (SSSR count). The fourth-order valence-corrected chi connectivity index (χ4v) is 2.81. The van der Waals surface area contributed by atoms with Gasteiger partial charge in [-0.25, -0.2) is 24.7 Å². The number of carbonyl (C=O) groups is 1. The molecular weight excluding hydrogens is 346 g/mol. The minimum Gasteiger partial charge on any atom is -0.497 e. The maximum absolute atomic E-state index is 12.0. The molecule has 0 saturated heterocycles. The van der Waals surface area contributed by atoms with Gasteiger partial charge < -0.3 is 9.47 Å². The van der Waals surface area contributed by atoms with Crippen LogP contribution in [0.3, 0.4) is 0 Å². The number of anilines is 2. The number of methoxy groups -OCH3 is 1. The van der Waals surface area contributed by atoms with Gasteiger partial charge in [0.1, 0.15) is 11.3 Å². The van der Waals surface area contributed by atoms with E-state index in [4.69, 9.17) is 9.47 Å². The van der Waals surface area contributed by atoms with Gasteiger partial charge in [-0.15, -0.1) is 0 Å². The summed E-state index contributed by atoms with van der Waals surface area (Å²) in [7, 11) is 1.62. The maximum Gasteiger partial charge on any atom is 0.341 e. The predicted molar refractivity (Wildman–Crippen MR) is 102 cm³/mol. The van der Waals surface area contributed by atoms with Crippen molar-refractivity contribution in [2.75, 3.05) is 19.0 Å². The van der Waals surface area contributed by atoms with Crippen molar-refractivity contribution in [1.82, 2.24) is 19.9 Å². The molecule has 0 saturated carbocycles. The Kier molecular flexibility index (Phi) is 5.16. The van der Waals surface area contributed by atoms with Crippen LogP contribution in [0.4, 0.5) is 11.9 Å². The summed E-state index contributed by atoms with van der Waals surface area (Å²) < 4.78 is 10.3. The molecule has 0 aliphatic carbocycles. The zero-order chi connectivity index (χ0) is 19.6. The Morgan fingerprint density at radius 1 is 1.00 bits per heavy atom. The summed E-state index contributed by atoms with van der Waals surface area (Å²) in [6.45, 7) is 7.44. The average Bonchev–Trinajstić information content (AvgIpc) is 2.61. The standard InChI is InChI=1S/C19H21N5O3/c1-6-27-17(25)16-11(3)21-18(22-12(16)4)24-19-20-10(2)14-9-13(26-5)7-8-15(14)23-19/h7-9H,6H2,1-5H3,(H,20,21,22,23,24). The molecule has 0 spiro atoms. The Labute approximate surface area is 157 Å². The van der Waals surface area contributed by atoms with Gasteiger partial charge in [-0.3, -0.25) is 5.32 Å². The van der Waals surface area contributed by atoms with Crippen molar-refractivity contribution < 1.29 is 14.3 Å². The summed E-state index contributed by atoms with van der Waals surface area (Å²) in [4.78, 5) is 29.7. The van der Waals surface area contributed by atoms with Crippen LogP contribution in [-0.4, -0.2) is 39.6 Å². The van der Waals surface area contributed by atoms with E-state index in [0.29, 0.717) is 35.5 Å². The molecule has 27 heavy (non-hydrogen) atoms. The molecule has 1 N–H and O–H groups in total. The van der Waals surface area contributed by atoms with Crippen molar-refractivity contribution >= 4 is 28.8 Å². The Balaban J connectivity index is 1.94. The molecule has 3 aromatic rings. The van der Waals surface area contributed by atoms with Crippen LogP contribution in [0.1, 0.15) is 34.4 Å². The Bertz CT molecular complexity index is 997. The fourth-order valence-electron chi connectivity index (χ4n) is 2.81. The Morgan fingerprint density at radius 2 is 1.63 bits per heavy atom. The molecule has 0 aliphatic rings. The van der Waals surface area contributed by atoms with Gasteiger partial charge in [0.25, 0.3) is 0 Å². The molecule has 0 aliphatic heterocycles. The zero-order valence-electron chi connectivity index (χ0n) is 16.0. The number of esters is 1. The largest absolute Gasteiger partial charge is 0.497 e. The first-order valence-corrected chi connectivity index (χ1v) is 8.54. The molecule has 2 heterocycles. The second-order valence-corrected chi connectivity index (χ2v) is 5.95. The summed E-state index contributed by atoms with van der Waals surface area (Å²) in [5.74, 6) is 1.03. The van der Waals surface area contributed by atoms with E-state index < -0.39 is 5.97 Å². The zero-order valence-corrected chi connectivity index (χ0v) is 16.0. The minimum atomic E-state index is -0.425. The number of aromatic nitrogens is 4. The number of carbonyl (C=O) groups excluding carboxylic acids is 1. The maximum atomic E-state index is 12.0. The van der Waals surface area contributed by atoms with Crippen LogP contribution in [0.25, 0.3) is 10.9 Å². The second-order valence-electron chi connectivity index (χ2n) is 5.95. The molecule has 8 nitrogen and oxygen atoms in total. The van der Waals surface area contributed by atoms with Crippen LogP contribution >= 0.6 is 0 Å². The number of nitrogens with one attached hydrogen (secondary N) is 1. The molecule has 1 aromatic carbocycles. The molecule has 0 fully saturated rings. The summed E-state index contributed by atoms with van der Waals surface area (Å²) in [5, 5.41) is 3.93. The summed E-state index contributed by atoms with van der Waals surface area (Å²) in [5.41, 5.74) is 3.03. The number of hydrogen-bond donors (Lipinski definition) is 1. The molecule has 0 atom stereocenters. The van der Waals surface area contributed by atoms with Crippen LogP contribution < -0.4 is 10.1 Å². The topological polar surface area (TPSA) is 99.1 Å². The van der Waals surface area contributed by atoms with Crippen molar-refractivity contribution in [3.8, 4) is 5.75 Å². The van der Waals surface area contributed by atoms with Crippen molar-refractivity contribution in [3.05, 3.63) is 40.8 Å². The van der Waals surface area contributed by atoms with Gasteiger partial charge in [-0.05, 0) is 45.9 Å². The van der Waals surface area contributed by atoms with Gasteiger partial charge in [0.05, 0.1) is 36.3 Å². The first kappa shape index (κ1) is 18.5. The van der Waals surface area contributed by atoms with E-state index in [-0.39, 0.29) is 0 Å². The number of hydrogen-bond acceptors (Lipinski definition) is 8. The second kappa shape index (κ2) is 7.53. The normalized spacial score (nSPS) is 10.7. The fraction of sp³-hybridized carbons (Fsp3) is 0.316. The molecule has 0 bridgehead atoms. The smallest absolute Gasteiger partial charge is 0.341 e. The first-order valence-electron chi connectivity index (χ1n) is 8.54. The quantitative estimate of drug-likeness (QED) is 0.686. The van der Waals surface area contributed by atoms with Gasteiger partial charge >= 0.3 is 5.97 Å². The van der Waals surface area contributed by atoms with Crippen LogP contribution in [-0.2, 0) is 4.74 Å².